The third-order valence-corrected chi connectivity index (χ3v) is 4.81. The second-order valence-corrected chi connectivity index (χ2v) is 6.66. The summed E-state index contributed by atoms with van der Waals surface area (Å²) in [5.74, 6) is 1.69. The third-order valence-electron chi connectivity index (χ3n) is 4.81. The summed E-state index contributed by atoms with van der Waals surface area (Å²) in [7, 11) is 3.37. The van der Waals surface area contributed by atoms with Crippen LogP contribution in [0.25, 0.3) is 0 Å². The number of rotatable bonds is 7. The van der Waals surface area contributed by atoms with Gasteiger partial charge in [-0.1, -0.05) is 30.3 Å². The van der Waals surface area contributed by atoms with Crippen LogP contribution < -0.4 is 25.0 Å². The van der Waals surface area contributed by atoms with E-state index in [1.54, 1.807) is 32.4 Å². The standard InChI is InChI=1S/C21H26F2N4O2/c1-24-21(25-13-15-7-3-5-9-18(15)28-2)26-16-11-12-27(14-16)17-8-4-6-10-19(17)29-20(22)23/h3-10,16,20H,11-14H2,1-2H3,(H2,24,25,26). The zero-order valence-corrected chi connectivity index (χ0v) is 16.6. The number of hydrogen-bond donors (Lipinski definition) is 2. The number of hydrogen-bond acceptors (Lipinski definition) is 4. The molecule has 0 amide bonds. The first-order valence-corrected chi connectivity index (χ1v) is 9.48. The molecule has 6 nitrogen and oxygen atoms in total. The summed E-state index contributed by atoms with van der Waals surface area (Å²) in [6, 6.07) is 14.8. The van der Waals surface area contributed by atoms with Gasteiger partial charge in [0.2, 0.25) is 0 Å². The Morgan fingerprint density at radius 2 is 1.90 bits per heavy atom. The molecule has 2 N–H and O–H groups in total. The Kier molecular flexibility index (Phi) is 7.10. The predicted octanol–water partition coefficient (Wildman–Crippen LogP) is 3.24. The van der Waals surface area contributed by atoms with Crippen molar-refractivity contribution in [1.29, 1.82) is 0 Å². The van der Waals surface area contributed by atoms with E-state index in [-0.39, 0.29) is 11.8 Å². The second kappa shape index (κ2) is 9.95. The van der Waals surface area contributed by atoms with E-state index in [0.29, 0.717) is 24.7 Å². The fourth-order valence-electron chi connectivity index (χ4n) is 3.43. The predicted molar refractivity (Wildman–Crippen MR) is 110 cm³/mol. The van der Waals surface area contributed by atoms with E-state index >= 15 is 0 Å². The van der Waals surface area contributed by atoms with Crippen LogP contribution in [-0.2, 0) is 6.54 Å². The number of nitrogens with one attached hydrogen (secondary N) is 2. The molecule has 156 valence electrons. The van der Waals surface area contributed by atoms with Crippen LogP contribution in [0.5, 0.6) is 11.5 Å². The van der Waals surface area contributed by atoms with Gasteiger partial charge in [-0.25, -0.2) is 0 Å². The van der Waals surface area contributed by atoms with Crippen molar-refractivity contribution in [2.75, 3.05) is 32.1 Å². The van der Waals surface area contributed by atoms with Gasteiger partial charge in [-0.05, 0) is 24.6 Å². The SMILES string of the molecule is CN=C(NCc1ccccc1OC)NC1CCN(c2ccccc2OC(F)F)C1. The number of alkyl halides is 2. The Balaban J connectivity index is 1.57. The lowest BCUT2D eigenvalue weighted by Crippen LogP contribution is -2.44. The minimum atomic E-state index is -2.84. The van der Waals surface area contributed by atoms with Crippen molar-refractivity contribution in [2.24, 2.45) is 4.99 Å². The first-order chi connectivity index (χ1) is 14.1. The van der Waals surface area contributed by atoms with E-state index < -0.39 is 6.61 Å². The maximum Gasteiger partial charge on any atom is 0.387 e. The number of ether oxygens (including phenoxy) is 2. The molecule has 8 heteroatoms. The van der Waals surface area contributed by atoms with Crippen LogP contribution in [0.15, 0.2) is 53.5 Å². The first kappa shape index (κ1) is 20.7. The molecule has 0 saturated carbocycles. The zero-order valence-electron chi connectivity index (χ0n) is 16.6. The topological polar surface area (TPSA) is 58.1 Å². The number of guanidine groups is 1. The molecule has 1 fully saturated rings. The van der Waals surface area contributed by atoms with Gasteiger partial charge in [0.05, 0.1) is 12.8 Å². The number of methoxy groups -OCH3 is 1. The Morgan fingerprint density at radius 3 is 2.62 bits per heavy atom. The molecule has 1 heterocycles. The summed E-state index contributed by atoms with van der Waals surface area (Å²) in [5, 5.41) is 6.70. The molecular weight excluding hydrogens is 378 g/mol. The van der Waals surface area contributed by atoms with Crippen LogP contribution in [-0.4, -0.2) is 45.9 Å². The van der Waals surface area contributed by atoms with E-state index in [4.69, 9.17) is 4.74 Å². The average molecular weight is 404 g/mol. The molecule has 1 atom stereocenters. The molecule has 2 aromatic carbocycles. The molecule has 0 radical (unpaired) electrons. The molecule has 0 aromatic heterocycles. The third kappa shape index (κ3) is 5.49. The lowest BCUT2D eigenvalue weighted by Gasteiger charge is -2.22. The fourth-order valence-corrected chi connectivity index (χ4v) is 3.43. The Morgan fingerprint density at radius 1 is 1.17 bits per heavy atom. The van der Waals surface area contributed by atoms with Gasteiger partial charge in [0.1, 0.15) is 11.5 Å². The largest absolute Gasteiger partial charge is 0.496 e. The highest BCUT2D eigenvalue weighted by Gasteiger charge is 2.26. The van der Waals surface area contributed by atoms with Crippen molar-refractivity contribution in [1.82, 2.24) is 10.6 Å². The van der Waals surface area contributed by atoms with Crippen molar-refractivity contribution in [3.8, 4) is 11.5 Å². The molecule has 29 heavy (non-hydrogen) atoms. The summed E-state index contributed by atoms with van der Waals surface area (Å²) in [6.07, 6.45) is 0.859. The lowest BCUT2D eigenvalue weighted by atomic mass is 10.2. The molecule has 1 aliphatic rings. The Labute approximate surface area is 169 Å². The molecule has 1 saturated heterocycles. The Bertz CT molecular complexity index is 832. The van der Waals surface area contributed by atoms with Gasteiger partial charge in [0.15, 0.2) is 5.96 Å². The molecule has 1 aliphatic heterocycles. The monoisotopic (exact) mass is 404 g/mol. The summed E-state index contributed by atoms with van der Waals surface area (Å²) in [6.45, 7) is -0.861. The number of halogens is 2. The van der Waals surface area contributed by atoms with Crippen molar-refractivity contribution in [3.05, 3.63) is 54.1 Å². The molecule has 1 unspecified atom stereocenters. The summed E-state index contributed by atoms with van der Waals surface area (Å²) < 4.78 is 35.4. The van der Waals surface area contributed by atoms with E-state index in [1.165, 1.54) is 0 Å². The Hall–Kier alpha value is -3.03. The zero-order chi connectivity index (χ0) is 20.6. The quantitative estimate of drug-likeness (QED) is 0.548. The van der Waals surface area contributed by atoms with Crippen molar-refractivity contribution in [3.63, 3.8) is 0 Å². The molecule has 3 rings (SSSR count). The summed E-state index contributed by atoms with van der Waals surface area (Å²) >= 11 is 0. The van der Waals surface area contributed by atoms with Gasteiger partial charge in [-0.2, -0.15) is 8.78 Å². The van der Waals surface area contributed by atoms with Gasteiger partial charge in [-0.15, -0.1) is 0 Å². The minimum absolute atomic E-state index is 0.137. The van der Waals surface area contributed by atoms with Crippen LogP contribution in [0.1, 0.15) is 12.0 Å². The molecule has 2 aromatic rings. The van der Waals surface area contributed by atoms with Gasteiger partial charge < -0.3 is 25.0 Å². The van der Waals surface area contributed by atoms with Gasteiger partial charge in [0, 0.05) is 38.3 Å². The normalized spacial score (nSPS) is 16.8. The minimum Gasteiger partial charge on any atom is -0.496 e. The van der Waals surface area contributed by atoms with E-state index in [9.17, 15) is 8.78 Å². The average Bonchev–Trinajstić information content (AvgIpc) is 3.19. The van der Waals surface area contributed by atoms with Crippen LogP contribution >= 0.6 is 0 Å². The number of benzene rings is 2. The number of para-hydroxylation sites is 3. The lowest BCUT2D eigenvalue weighted by molar-refractivity contribution is -0.0495. The molecule has 0 spiro atoms. The number of aliphatic imine (C=N–C) groups is 1. The summed E-state index contributed by atoms with van der Waals surface area (Å²) in [5.41, 5.74) is 1.71. The molecule has 0 aliphatic carbocycles. The molecular formula is C21H26F2N4O2. The highest BCUT2D eigenvalue weighted by Crippen LogP contribution is 2.31. The van der Waals surface area contributed by atoms with Gasteiger partial charge in [-0.3, -0.25) is 4.99 Å². The smallest absolute Gasteiger partial charge is 0.387 e. The van der Waals surface area contributed by atoms with Crippen LogP contribution in [0.4, 0.5) is 14.5 Å². The van der Waals surface area contributed by atoms with Gasteiger partial charge in [0.25, 0.3) is 0 Å². The fraction of sp³-hybridized carbons (Fsp3) is 0.381. The van der Waals surface area contributed by atoms with Crippen LogP contribution in [0, 0.1) is 0 Å². The number of nitrogens with zero attached hydrogens (tertiary/aromatic N) is 2. The van der Waals surface area contributed by atoms with Crippen molar-refractivity contribution < 1.29 is 18.3 Å². The first-order valence-electron chi connectivity index (χ1n) is 9.48. The van der Waals surface area contributed by atoms with Crippen LogP contribution in [0.2, 0.25) is 0 Å². The summed E-state index contributed by atoms with van der Waals surface area (Å²) in [4.78, 5) is 6.33. The highest BCUT2D eigenvalue weighted by atomic mass is 19.3. The van der Waals surface area contributed by atoms with Gasteiger partial charge >= 0.3 is 6.61 Å². The number of anilines is 1. The van der Waals surface area contributed by atoms with E-state index in [0.717, 1.165) is 24.3 Å². The maximum atomic E-state index is 12.7. The second-order valence-electron chi connectivity index (χ2n) is 6.66. The van der Waals surface area contributed by atoms with E-state index in [2.05, 4.69) is 20.4 Å². The highest BCUT2D eigenvalue weighted by molar-refractivity contribution is 5.80. The van der Waals surface area contributed by atoms with E-state index in [1.807, 2.05) is 35.2 Å². The van der Waals surface area contributed by atoms with Crippen molar-refractivity contribution >= 4 is 11.6 Å². The molecule has 0 bridgehead atoms. The van der Waals surface area contributed by atoms with Crippen LogP contribution in [0.3, 0.4) is 0 Å². The van der Waals surface area contributed by atoms with Crippen molar-refractivity contribution in [2.45, 2.75) is 25.6 Å². The maximum absolute atomic E-state index is 12.7.